The molecule has 0 N–H and O–H groups in total. The van der Waals surface area contributed by atoms with Gasteiger partial charge in [-0.25, -0.2) is 0 Å². The minimum atomic E-state index is 0. The van der Waals surface area contributed by atoms with Crippen LogP contribution in [0.5, 0.6) is 0 Å². The maximum atomic E-state index is 10.2. The SMILES string of the molecule is C.CSc1ccc(C=O)cc1. The number of thioether (sulfide) groups is 1. The fourth-order valence-corrected chi connectivity index (χ4v) is 1.09. The molecule has 0 fully saturated rings. The summed E-state index contributed by atoms with van der Waals surface area (Å²) in [7, 11) is 0. The van der Waals surface area contributed by atoms with Gasteiger partial charge in [0, 0.05) is 10.5 Å². The van der Waals surface area contributed by atoms with E-state index in [9.17, 15) is 4.79 Å². The average molecular weight is 168 g/mol. The van der Waals surface area contributed by atoms with Crippen molar-refractivity contribution in [2.75, 3.05) is 6.26 Å². The van der Waals surface area contributed by atoms with Crippen LogP contribution in [0.15, 0.2) is 29.2 Å². The van der Waals surface area contributed by atoms with E-state index in [1.165, 1.54) is 4.90 Å². The standard InChI is InChI=1S/C8H8OS.CH4/c1-10-8-4-2-7(6-9)3-5-8;/h2-6H,1H3;1H4. The summed E-state index contributed by atoms with van der Waals surface area (Å²) in [6, 6.07) is 7.51. The molecule has 0 atom stereocenters. The zero-order valence-corrected chi connectivity index (χ0v) is 6.52. The Labute approximate surface area is 71.8 Å². The van der Waals surface area contributed by atoms with E-state index < -0.39 is 0 Å². The number of hydrogen-bond acceptors (Lipinski definition) is 2. The Morgan fingerprint density at radius 3 is 2.18 bits per heavy atom. The molecule has 0 aliphatic carbocycles. The number of benzene rings is 1. The van der Waals surface area contributed by atoms with E-state index in [0.717, 1.165) is 11.8 Å². The summed E-state index contributed by atoms with van der Waals surface area (Å²) in [5.74, 6) is 0. The number of rotatable bonds is 2. The van der Waals surface area contributed by atoms with Crippen LogP contribution in [0.2, 0.25) is 0 Å². The first-order valence-electron chi connectivity index (χ1n) is 2.96. The molecule has 1 rings (SSSR count). The molecule has 0 bridgehead atoms. The van der Waals surface area contributed by atoms with Gasteiger partial charge < -0.3 is 0 Å². The third-order valence-electron chi connectivity index (χ3n) is 1.25. The zero-order chi connectivity index (χ0) is 7.40. The molecule has 2 heteroatoms. The smallest absolute Gasteiger partial charge is 0.150 e. The number of aldehydes is 1. The molecule has 0 heterocycles. The van der Waals surface area contributed by atoms with E-state index >= 15 is 0 Å². The van der Waals surface area contributed by atoms with Gasteiger partial charge in [0.15, 0.2) is 0 Å². The van der Waals surface area contributed by atoms with Crippen LogP contribution in [0.1, 0.15) is 17.8 Å². The highest BCUT2D eigenvalue weighted by Gasteiger charge is 1.89. The third kappa shape index (κ3) is 2.76. The highest BCUT2D eigenvalue weighted by atomic mass is 32.2. The molecule has 0 aliphatic rings. The predicted molar refractivity (Wildman–Crippen MR) is 50.3 cm³/mol. The lowest BCUT2D eigenvalue weighted by molar-refractivity contribution is 0.112. The van der Waals surface area contributed by atoms with Crippen molar-refractivity contribution in [3.63, 3.8) is 0 Å². The first-order chi connectivity index (χ1) is 4.86. The molecule has 1 aromatic carbocycles. The van der Waals surface area contributed by atoms with Crippen LogP contribution in [-0.4, -0.2) is 12.5 Å². The zero-order valence-electron chi connectivity index (χ0n) is 5.70. The fourth-order valence-electron chi connectivity index (χ4n) is 0.682. The molecule has 1 aromatic rings. The number of hydrogen-bond donors (Lipinski definition) is 0. The van der Waals surface area contributed by atoms with Gasteiger partial charge >= 0.3 is 0 Å². The third-order valence-corrected chi connectivity index (χ3v) is 2.00. The van der Waals surface area contributed by atoms with E-state index in [0.29, 0.717) is 0 Å². The monoisotopic (exact) mass is 168 g/mol. The Hall–Kier alpha value is -0.760. The summed E-state index contributed by atoms with van der Waals surface area (Å²) in [6.45, 7) is 0. The van der Waals surface area contributed by atoms with Crippen LogP contribution in [0.4, 0.5) is 0 Å². The van der Waals surface area contributed by atoms with Gasteiger partial charge in [0.1, 0.15) is 6.29 Å². The van der Waals surface area contributed by atoms with E-state index in [1.807, 2.05) is 30.5 Å². The second-order valence-corrected chi connectivity index (χ2v) is 2.77. The van der Waals surface area contributed by atoms with Gasteiger partial charge in [-0.2, -0.15) is 0 Å². The van der Waals surface area contributed by atoms with Gasteiger partial charge in [-0.1, -0.05) is 19.6 Å². The highest BCUT2D eigenvalue weighted by Crippen LogP contribution is 2.13. The van der Waals surface area contributed by atoms with Gasteiger partial charge in [-0.3, -0.25) is 4.79 Å². The molecule has 0 radical (unpaired) electrons. The van der Waals surface area contributed by atoms with Crippen LogP contribution >= 0.6 is 11.8 Å². The molecular weight excluding hydrogens is 156 g/mol. The van der Waals surface area contributed by atoms with Crippen LogP contribution in [0.3, 0.4) is 0 Å². The minimum absolute atomic E-state index is 0. The maximum absolute atomic E-state index is 10.2. The number of carbonyl (C=O) groups is 1. The van der Waals surface area contributed by atoms with Gasteiger partial charge in [0.2, 0.25) is 0 Å². The van der Waals surface area contributed by atoms with Crippen molar-refractivity contribution in [2.45, 2.75) is 12.3 Å². The van der Waals surface area contributed by atoms with E-state index in [4.69, 9.17) is 0 Å². The topological polar surface area (TPSA) is 17.1 Å². The lowest BCUT2D eigenvalue weighted by Gasteiger charge is -1.93. The molecule has 0 aliphatic heterocycles. The normalized spacial score (nSPS) is 8.45. The summed E-state index contributed by atoms with van der Waals surface area (Å²) in [6.07, 6.45) is 2.86. The van der Waals surface area contributed by atoms with Crippen molar-refractivity contribution in [1.82, 2.24) is 0 Å². The molecule has 60 valence electrons. The van der Waals surface area contributed by atoms with Crippen molar-refractivity contribution >= 4 is 18.0 Å². The molecule has 0 saturated heterocycles. The van der Waals surface area contributed by atoms with Crippen molar-refractivity contribution in [1.29, 1.82) is 0 Å². The molecule has 0 unspecified atom stereocenters. The summed E-state index contributed by atoms with van der Waals surface area (Å²) in [5, 5.41) is 0. The molecule has 0 aromatic heterocycles. The summed E-state index contributed by atoms with van der Waals surface area (Å²) in [5.41, 5.74) is 0.734. The second kappa shape index (κ2) is 4.97. The second-order valence-electron chi connectivity index (χ2n) is 1.89. The summed E-state index contributed by atoms with van der Waals surface area (Å²) >= 11 is 1.67. The van der Waals surface area contributed by atoms with Crippen LogP contribution in [0.25, 0.3) is 0 Å². The minimum Gasteiger partial charge on any atom is -0.298 e. The lowest BCUT2D eigenvalue weighted by Crippen LogP contribution is -1.76. The lowest BCUT2D eigenvalue weighted by atomic mass is 10.2. The van der Waals surface area contributed by atoms with Gasteiger partial charge in [0.25, 0.3) is 0 Å². The largest absolute Gasteiger partial charge is 0.298 e. The average Bonchev–Trinajstić information content (AvgIpc) is 2.05. The molecule has 11 heavy (non-hydrogen) atoms. The van der Waals surface area contributed by atoms with Crippen molar-refractivity contribution in [2.24, 2.45) is 0 Å². The first kappa shape index (κ1) is 10.2. The maximum Gasteiger partial charge on any atom is 0.150 e. The Morgan fingerprint density at radius 1 is 1.27 bits per heavy atom. The van der Waals surface area contributed by atoms with Crippen LogP contribution < -0.4 is 0 Å². The Balaban J connectivity index is 0.000001000. The van der Waals surface area contributed by atoms with Gasteiger partial charge in [0.05, 0.1) is 0 Å². The Kier molecular flexibility index (Phi) is 4.62. The van der Waals surface area contributed by atoms with E-state index in [1.54, 1.807) is 11.8 Å². The van der Waals surface area contributed by atoms with Crippen LogP contribution in [-0.2, 0) is 0 Å². The molecule has 1 nitrogen and oxygen atoms in total. The summed E-state index contributed by atoms with van der Waals surface area (Å²) in [4.78, 5) is 11.4. The fraction of sp³-hybridized carbons (Fsp3) is 0.222. The van der Waals surface area contributed by atoms with Crippen molar-refractivity contribution in [3.8, 4) is 0 Å². The van der Waals surface area contributed by atoms with E-state index in [-0.39, 0.29) is 7.43 Å². The Bertz CT molecular complexity index is 216. The predicted octanol–water partition coefficient (Wildman–Crippen LogP) is 2.86. The van der Waals surface area contributed by atoms with E-state index in [2.05, 4.69) is 0 Å². The molecule has 0 saturated carbocycles. The Morgan fingerprint density at radius 2 is 1.82 bits per heavy atom. The number of carbonyl (C=O) groups excluding carboxylic acids is 1. The summed E-state index contributed by atoms with van der Waals surface area (Å²) < 4.78 is 0. The van der Waals surface area contributed by atoms with Gasteiger partial charge in [-0.05, 0) is 18.4 Å². The van der Waals surface area contributed by atoms with Crippen LogP contribution in [0, 0.1) is 0 Å². The quantitative estimate of drug-likeness (QED) is 0.499. The van der Waals surface area contributed by atoms with Gasteiger partial charge in [-0.15, -0.1) is 11.8 Å². The highest BCUT2D eigenvalue weighted by molar-refractivity contribution is 7.98. The van der Waals surface area contributed by atoms with Crippen molar-refractivity contribution in [3.05, 3.63) is 29.8 Å². The first-order valence-corrected chi connectivity index (χ1v) is 4.18. The van der Waals surface area contributed by atoms with Crippen molar-refractivity contribution < 1.29 is 4.79 Å². The molecule has 0 spiro atoms. The molecular formula is C9H12OS. The molecule has 0 amide bonds.